The van der Waals surface area contributed by atoms with Crippen LogP contribution >= 0.6 is 11.8 Å². The Morgan fingerprint density at radius 1 is 1.63 bits per heavy atom. The second kappa shape index (κ2) is 5.95. The number of hydrogen-bond donors (Lipinski definition) is 1. The van der Waals surface area contributed by atoms with Crippen LogP contribution in [0.1, 0.15) is 19.8 Å². The predicted molar refractivity (Wildman–Crippen MR) is 71.3 cm³/mol. The van der Waals surface area contributed by atoms with E-state index in [1.807, 2.05) is 4.90 Å². The number of carboxylic acids is 1. The Hall–Kier alpha value is -1.72. The lowest BCUT2D eigenvalue weighted by Gasteiger charge is -2.25. The van der Waals surface area contributed by atoms with E-state index in [-0.39, 0.29) is 17.1 Å². The second-order valence-corrected chi connectivity index (χ2v) is 4.97. The Morgan fingerprint density at radius 3 is 3.05 bits per heavy atom. The highest BCUT2D eigenvalue weighted by Crippen LogP contribution is 2.38. The third-order valence-corrected chi connectivity index (χ3v) is 3.90. The number of thioether (sulfide) groups is 1. The van der Waals surface area contributed by atoms with E-state index >= 15 is 0 Å². The number of ether oxygens (including phenoxy) is 1. The molecule has 0 fully saturated rings. The largest absolute Gasteiger partial charge is 0.486 e. The van der Waals surface area contributed by atoms with Crippen LogP contribution < -0.4 is 0 Å². The number of amidine groups is 1. The van der Waals surface area contributed by atoms with Crippen LogP contribution in [-0.2, 0) is 14.3 Å². The van der Waals surface area contributed by atoms with E-state index in [0.717, 1.165) is 24.7 Å². The molecule has 2 rings (SSSR count). The summed E-state index contributed by atoms with van der Waals surface area (Å²) in [6, 6.07) is 0. The number of aliphatic carboxylic acids is 1. The predicted octanol–water partition coefficient (Wildman–Crippen LogP) is 1.23. The Balaban J connectivity index is 2.29. The van der Waals surface area contributed by atoms with E-state index in [4.69, 9.17) is 4.74 Å². The monoisotopic (exact) mass is 282 g/mol. The van der Waals surface area contributed by atoms with Crippen LogP contribution in [-0.4, -0.2) is 46.8 Å². The smallest absolute Gasteiger partial charge is 0.344 e. The van der Waals surface area contributed by atoms with Crippen LogP contribution in [0.5, 0.6) is 0 Å². The molecule has 0 aromatic carbocycles. The molecule has 0 bridgehead atoms. The molecular formula is C12H14N2O4S. The molecule has 0 spiro atoms. The van der Waals surface area contributed by atoms with Gasteiger partial charge in [-0.15, -0.1) is 0 Å². The number of hydrogen-bond acceptors (Lipinski definition) is 6. The summed E-state index contributed by atoms with van der Waals surface area (Å²) in [6.45, 7) is 3.55. The summed E-state index contributed by atoms with van der Waals surface area (Å²) in [7, 11) is 0. The van der Waals surface area contributed by atoms with Gasteiger partial charge in [0.2, 0.25) is 0 Å². The van der Waals surface area contributed by atoms with Crippen LogP contribution in [0.25, 0.3) is 0 Å². The first kappa shape index (κ1) is 13.7. The van der Waals surface area contributed by atoms with Gasteiger partial charge in [-0.2, -0.15) is 0 Å². The van der Waals surface area contributed by atoms with E-state index in [2.05, 4.69) is 4.99 Å². The van der Waals surface area contributed by atoms with Gasteiger partial charge in [0, 0.05) is 18.8 Å². The summed E-state index contributed by atoms with van der Waals surface area (Å²) in [6.07, 6.45) is 1.01. The van der Waals surface area contributed by atoms with Gasteiger partial charge < -0.3 is 14.7 Å². The lowest BCUT2D eigenvalue weighted by Crippen LogP contribution is -2.30. The molecule has 2 aliphatic rings. The molecule has 102 valence electrons. The minimum Gasteiger partial charge on any atom is -0.486 e. The SMILES string of the molecule is CCOC(=C=O)CC1=C(C(=O)O)SC2=NCCCN21. The fourth-order valence-corrected chi connectivity index (χ4v) is 3.02. The zero-order chi connectivity index (χ0) is 13.8. The Labute approximate surface area is 114 Å². The molecule has 6 nitrogen and oxygen atoms in total. The van der Waals surface area contributed by atoms with Crippen molar-refractivity contribution in [2.75, 3.05) is 19.7 Å². The molecule has 0 unspecified atom stereocenters. The van der Waals surface area contributed by atoms with Crippen LogP contribution in [0.15, 0.2) is 21.4 Å². The number of carbonyl (C=O) groups excluding carboxylic acids is 1. The number of fused-ring (bicyclic) bond motifs is 1. The van der Waals surface area contributed by atoms with Gasteiger partial charge in [0.1, 0.15) is 4.91 Å². The van der Waals surface area contributed by atoms with Gasteiger partial charge >= 0.3 is 5.97 Å². The summed E-state index contributed by atoms with van der Waals surface area (Å²) >= 11 is 1.14. The minimum atomic E-state index is -1.00. The first-order valence-corrected chi connectivity index (χ1v) is 6.82. The molecule has 0 radical (unpaired) electrons. The van der Waals surface area contributed by atoms with E-state index < -0.39 is 5.97 Å². The maximum Gasteiger partial charge on any atom is 0.344 e. The van der Waals surface area contributed by atoms with Crippen LogP contribution in [0, 0.1) is 0 Å². The van der Waals surface area contributed by atoms with Crippen molar-refractivity contribution in [1.29, 1.82) is 0 Å². The Kier molecular flexibility index (Phi) is 4.29. The molecule has 0 aromatic rings. The maximum absolute atomic E-state index is 11.3. The van der Waals surface area contributed by atoms with Crippen molar-refractivity contribution in [3.63, 3.8) is 0 Å². The lowest BCUT2D eigenvalue weighted by molar-refractivity contribution is -0.131. The highest BCUT2D eigenvalue weighted by molar-refractivity contribution is 8.18. The average molecular weight is 282 g/mol. The normalized spacial score (nSPS) is 17.7. The van der Waals surface area contributed by atoms with Crippen molar-refractivity contribution in [1.82, 2.24) is 4.90 Å². The standard InChI is InChI=1S/C12H14N2O4S/c1-2-18-8(7-15)6-9-10(11(16)17)19-12-13-4-3-5-14(9)12/h2-6H2,1H3,(H,16,17). The molecule has 0 atom stereocenters. The van der Waals surface area contributed by atoms with Crippen LogP contribution in [0.4, 0.5) is 0 Å². The van der Waals surface area contributed by atoms with E-state index in [1.165, 1.54) is 0 Å². The van der Waals surface area contributed by atoms with Gasteiger partial charge in [-0.3, -0.25) is 4.99 Å². The number of carbonyl (C=O) groups is 1. The highest BCUT2D eigenvalue weighted by Gasteiger charge is 2.34. The third kappa shape index (κ3) is 2.83. The molecular weight excluding hydrogens is 268 g/mol. The fourth-order valence-electron chi connectivity index (χ4n) is 1.98. The van der Waals surface area contributed by atoms with Gasteiger partial charge in [0.15, 0.2) is 16.9 Å². The number of carboxylic acid groups (broad SMARTS) is 1. The summed E-state index contributed by atoms with van der Waals surface area (Å²) in [5, 5.41) is 9.93. The first-order chi connectivity index (χ1) is 9.17. The maximum atomic E-state index is 11.3. The zero-order valence-electron chi connectivity index (χ0n) is 10.5. The van der Waals surface area contributed by atoms with Gasteiger partial charge in [0.05, 0.1) is 13.0 Å². The van der Waals surface area contributed by atoms with Gasteiger partial charge in [0.25, 0.3) is 0 Å². The topological polar surface area (TPSA) is 79.2 Å². The van der Waals surface area contributed by atoms with Crippen LogP contribution in [0.3, 0.4) is 0 Å². The number of aliphatic imine (C=N–C) groups is 1. The molecule has 0 aromatic heterocycles. The van der Waals surface area contributed by atoms with Crippen molar-refractivity contribution in [3.05, 3.63) is 16.4 Å². The number of rotatable bonds is 5. The van der Waals surface area contributed by atoms with Gasteiger partial charge in [-0.25, -0.2) is 9.59 Å². The summed E-state index contributed by atoms with van der Waals surface area (Å²) < 4.78 is 5.15. The molecule has 7 heteroatoms. The molecule has 0 aliphatic carbocycles. The highest BCUT2D eigenvalue weighted by atomic mass is 32.2. The minimum absolute atomic E-state index is 0.128. The molecule has 2 heterocycles. The summed E-state index contributed by atoms with van der Waals surface area (Å²) in [5.74, 6) is 0.854. The van der Waals surface area contributed by atoms with E-state index in [1.54, 1.807) is 12.9 Å². The van der Waals surface area contributed by atoms with Crippen molar-refractivity contribution in [3.8, 4) is 0 Å². The quantitative estimate of drug-likeness (QED) is 0.603. The summed E-state index contributed by atoms with van der Waals surface area (Å²) in [5.41, 5.74) is 0.572. The third-order valence-electron chi connectivity index (χ3n) is 2.75. The van der Waals surface area contributed by atoms with E-state index in [0.29, 0.717) is 24.0 Å². The molecule has 0 saturated carbocycles. The Morgan fingerprint density at radius 2 is 2.42 bits per heavy atom. The van der Waals surface area contributed by atoms with Crippen molar-refractivity contribution < 1.29 is 19.4 Å². The average Bonchev–Trinajstić information content (AvgIpc) is 2.77. The lowest BCUT2D eigenvalue weighted by atomic mass is 10.2. The summed E-state index contributed by atoms with van der Waals surface area (Å²) in [4.78, 5) is 28.5. The van der Waals surface area contributed by atoms with Gasteiger partial charge in [-0.05, 0) is 25.1 Å². The van der Waals surface area contributed by atoms with Gasteiger partial charge in [-0.1, -0.05) is 0 Å². The molecule has 0 saturated heterocycles. The number of nitrogens with zero attached hydrogens (tertiary/aromatic N) is 2. The fraction of sp³-hybridized carbons (Fsp3) is 0.500. The second-order valence-electron chi connectivity index (χ2n) is 3.99. The first-order valence-electron chi connectivity index (χ1n) is 6.00. The van der Waals surface area contributed by atoms with E-state index in [9.17, 15) is 14.7 Å². The molecule has 19 heavy (non-hydrogen) atoms. The van der Waals surface area contributed by atoms with Crippen molar-refractivity contribution in [2.45, 2.75) is 19.8 Å². The zero-order valence-corrected chi connectivity index (χ0v) is 11.3. The Bertz CT molecular complexity index is 506. The molecule has 2 aliphatic heterocycles. The van der Waals surface area contributed by atoms with Crippen LogP contribution in [0.2, 0.25) is 0 Å². The van der Waals surface area contributed by atoms with Crippen molar-refractivity contribution in [2.24, 2.45) is 4.99 Å². The molecule has 1 N–H and O–H groups in total. The molecule has 0 amide bonds. The van der Waals surface area contributed by atoms with Crippen molar-refractivity contribution >= 4 is 28.8 Å².